The van der Waals surface area contributed by atoms with Crippen molar-refractivity contribution in [3.05, 3.63) is 0 Å². The summed E-state index contributed by atoms with van der Waals surface area (Å²) in [7, 11) is 5.65. The van der Waals surface area contributed by atoms with E-state index in [-0.39, 0.29) is 48.3 Å². The van der Waals surface area contributed by atoms with Gasteiger partial charge < -0.3 is 47.9 Å². The van der Waals surface area contributed by atoms with E-state index in [1.54, 1.807) is 7.11 Å². The van der Waals surface area contributed by atoms with Crippen molar-refractivity contribution in [1.82, 2.24) is 4.90 Å². The lowest BCUT2D eigenvalue weighted by molar-refractivity contribution is -0.310. The minimum Gasteiger partial charge on any atom is -0.459 e. The summed E-state index contributed by atoms with van der Waals surface area (Å²) in [6.45, 7) is 20.7. The molecule has 11 heteroatoms. The maximum absolute atomic E-state index is 14.4. The second kappa shape index (κ2) is 14.9. The van der Waals surface area contributed by atoms with Crippen molar-refractivity contribution in [1.29, 1.82) is 0 Å². The number of aliphatic hydroxyl groups excluding tert-OH is 1. The van der Waals surface area contributed by atoms with Gasteiger partial charge in [-0.15, -0.1) is 0 Å². The Labute approximate surface area is 295 Å². The number of methoxy groups -OCH3 is 1. The predicted octanol–water partition coefficient (Wildman–Crippen LogP) is 5.09. The van der Waals surface area contributed by atoms with Crippen molar-refractivity contribution in [3.8, 4) is 0 Å². The van der Waals surface area contributed by atoms with Crippen LogP contribution in [0.4, 0.5) is 0 Å². The number of fused-ring (bicyclic) bond motifs is 2. The maximum atomic E-state index is 14.4. The zero-order chi connectivity index (χ0) is 36.2. The molecule has 0 aromatic carbocycles. The Kier molecular flexibility index (Phi) is 11.9. The molecule has 0 saturated carbocycles. The molecule has 284 valence electrons. The van der Waals surface area contributed by atoms with Gasteiger partial charge in [-0.05, 0) is 80.8 Å². The number of carbonyl (C=O) groups excluding carboxylic acids is 1. The molecule has 5 saturated heterocycles. The van der Waals surface area contributed by atoms with Crippen LogP contribution >= 0.6 is 0 Å². The average Bonchev–Trinajstić information content (AvgIpc) is 3.57. The smallest absolute Gasteiger partial charge is 0.311 e. The molecule has 1 N–H and O–H groups in total. The number of nitrogens with zero attached hydrogens (tertiary/aromatic N) is 1. The van der Waals surface area contributed by atoms with Crippen LogP contribution in [0.15, 0.2) is 0 Å². The maximum Gasteiger partial charge on any atom is 0.311 e. The number of likely N-dealkylation sites (N-methyl/N-ethyl adjacent to an activating group) is 1. The Morgan fingerprint density at radius 1 is 0.918 bits per heavy atom. The summed E-state index contributed by atoms with van der Waals surface area (Å²) in [6, 6.07) is -0.142. The van der Waals surface area contributed by atoms with Crippen LogP contribution in [0.25, 0.3) is 0 Å². The van der Waals surface area contributed by atoms with E-state index in [0.717, 1.165) is 19.3 Å². The lowest BCUT2D eigenvalue weighted by Gasteiger charge is -2.48. The van der Waals surface area contributed by atoms with Gasteiger partial charge in [-0.3, -0.25) is 4.79 Å². The molecule has 5 aliphatic heterocycles. The van der Waals surface area contributed by atoms with Gasteiger partial charge in [-0.25, -0.2) is 0 Å². The molecular formula is C38H67NO10. The fourth-order valence-corrected chi connectivity index (χ4v) is 9.77. The number of aliphatic hydroxyl groups is 1. The second-order valence-electron chi connectivity index (χ2n) is 17.2. The van der Waals surface area contributed by atoms with Crippen LogP contribution in [0.5, 0.6) is 0 Å². The highest BCUT2D eigenvalue weighted by Crippen LogP contribution is 2.52. The Hall–Kier alpha value is -0.890. The normalized spacial score (nSPS) is 52.5. The first-order valence-electron chi connectivity index (χ1n) is 18.9. The number of hydrogen-bond donors (Lipinski definition) is 1. The molecule has 0 radical (unpaired) electrons. The lowest BCUT2D eigenvalue weighted by atomic mass is 9.77. The minimum atomic E-state index is -0.895. The fourth-order valence-electron chi connectivity index (χ4n) is 9.77. The first-order chi connectivity index (χ1) is 22.9. The number of carbonyl (C=O) groups is 1. The largest absolute Gasteiger partial charge is 0.459 e. The van der Waals surface area contributed by atoms with Crippen LogP contribution < -0.4 is 0 Å². The van der Waals surface area contributed by atoms with Gasteiger partial charge in [0, 0.05) is 37.8 Å². The van der Waals surface area contributed by atoms with Crippen LogP contribution in [0.3, 0.4) is 0 Å². The number of cyclic esters (lactones) is 1. The molecular weight excluding hydrogens is 630 g/mol. The molecule has 0 aromatic rings. The zero-order valence-corrected chi connectivity index (χ0v) is 32.5. The molecule has 9 unspecified atom stereocenters. The second-order valence-corrected chi connectivity index (χ2v) is 17.2. The molecule has 11 nitrogen and oxygen atoms in total. The van der Waals surface area contributed by atoms with Gasteiger partial charge in [0.25, 0.3) is 0 Å². The van der Waals surface area contributed by atoms with E-state index in [4.69, 9.17) is 37.9 Å². The molecule has 0 aromatic heterocycles. The van der Waals surface area contributed by atoms with Gasteiger partial charge in [0.1, 0.15) is 17.8 Å². The van der Waals surface area contributed by atoms with Crippen molar-refractivity contribution in [2.45, 2.75) is 192 Å². The average molecular weight is 698 g/mol. The molecule has 0 amide bonds. The highest BCUT2D eigenvalue weighted by atomic mass is 16.7. The number of esters is 1. The van der Waals surface area contributed by atoms with Gasteiger partial charge in [0.05, 0.1) is 53.7 Å². The fraction of sp³-hybridized carbons (Fsp3) is 0.974. The predicted molar refractivity (Wildman–Crippen MR) is 184 cm³/mol. The third kappa shape index (κ3) is 7.91. The SMILES string of the molecule is CCC[C@@H]1OC1(C)[C@@H]1OC(=O)[C@H](C)[C@@H](OC2CC(C)(OC)CC(C)O2)[C@H](C)[C@@H](OC2OC(C)CC(N(C)C)C2O)C2(C)C[C@@H](C)[C@@H](O2)[C@@H]1C. The summed E-state index contributed by atoms with van der Waals surface area (Å²) in [4.78, 5) is 16.4. The summed E-state index contributed by atoms with van der Waals surface area (Å²) in [5, 5.41) is 11.6. The molecule has 0 aliphatic carbocycles. The minimum absolute atomic E-state index is 0.0174. The molecule has 49 heavy (non-hydrogen) atoms. The number of ether oxygens (including phenoxy) is 8. The molecule has 5 heterocycles. The third-order valence-electron chi connectivity index (χ3n) is 12.5. The number of epoxide rings is 1. The Bertz CT molecular complexity index is 1140. The Morgan fingerprint density at radius 3 is 2.24 bits per heavy atom. The standard InChI is InChI=1S/C38H67NO10/c1-14-15-27-38(10,48-27)33-23(5)30-20(2)17-37(9,49-30)32(47-35-29(40)26(39(11)12)16-21(3)44-35)24(6)31(25(7)34(41)46-33)45-28-19-36(8,42-13)18-22(4)43-28/h20-33,35,40H,14-19H2,1-13H3/t20-,21?,22?,23+,24+,25-,26?,27+,28?,29?,30-,31+,32-,33-,35?,36?,37?,38?/m1/s1. The van der Waals surface area contributed by atoms with Gasteiger partial charge >= 0.3 is 5.97 Å². The van der Waals surface area contributed by atoms with E-state index in [1.165, 1.54) is 0 Å². The van der Waals surface area contributed by atoms with E-state index in [0.29, 0.717) is 19.3 Å². The molecule has 0 spiro atoms. The summed E-state index contributed by atoms with van der Waals surface area (Å²) >= 11 is 0. The van der Waals surface area contributed by atoms with Crippen molar-refractivity contribution >= 4 is 5.97 Å². The summed E-state index contributed by atoms with van der Waals surface area (Å²) in [6.07, 6.45) is -0.0870. The van der Waals surface area contributed by atoms with E-state index < -0.39 is 65.6 Å². The van der Waals surface area contributed by atoms with Crippen molar-refractivity contribution < 1.29 is 47.8 Å². The van der Waals surface area contributed by atoms with Crippen LogP contribution in [0, 0.1) is 23.7 Å². The van der Waals surface area contributed by atoms with Gasteiger partial charge in [0.15, 0.2) is 12.6 Å². The molecule has 5 fully saturated rings. The van der Waals surface area contributed by atoms with Gasteiger partial charge in [0.2, 0.25) is 0 Å². The zero-order valence-electron chi connectivity index (χ0n) is 32.5. The van der Waals surface area contributed by atoms with Gasteiger partial charge in [-0.1, -0.05) is 34.1 Å². The highest BCUT2D eigenvalue weighted by Gasteiger charge is 2.64. The monoisotopic (exact) mass is 697 g/mol. The highest BCUT2D eigenvalue weighted by molar-refractivity contribution is 5.73. The van der Waals surface area contributed by atoms with E-state index in [1.807, 2.05) is 39.8 Å². The van der Waals surface area contributed by atoms with Crippen LogP contribution in [0.1, 0.15) is 108 Å². The topological polar surface area (TPSA) is 118 Å². The van der Waals surface area contributed by atoms with Crippen LogP contribution in [-0.2, 0) is 42.7 Å². The molecule has 2 bridgehead atoms. The summed E-state index contributed by atoms with van der Waals surface area (Å²) in [5.41, 5.74) is -1.82. The van der Waals surface area contributed by atoms with Crippen molar-refractivity contribution in [2.75, 3.05) is 21.2 Å². The van der Waals surface area contributed by atoms with Crippen molar-refractivity contribution in [2.24, 2.45) is 23.7 Å². The summed E-state index contributed by atoms with van der Waals surface area (Å²) < 4.78 is 52.6. The van der Waals surface area contributed by atoms with Gasteiger partial charge in [-0.2, -0.15) is 0 Å². The third-order valence-corrected chi connectivity index (χ3v) is 12.5. The molecule has 5 rings (SSSR count). The lowest BCUT2D eigenvalue weighted by Crippen LogP contribution is -2.59. The number of hydrogen-bond acceptors (Lipinski definition) is 11. The van der Waals surface area contributed by atoms with Crippen LogP contribution in [0.2, 0.25) is 0 Å². The van der Waals surface area contributed by atoms with E-state index in [9.17, 15) is 9.90 Å². The molecule has 5 aliphatic rings. The van der Waals surface area contributed by atoms with Crippen LogP contribution in [-0.4, -0.2) is 121 Å². The molecule has 18 atom stereocenters. The first-order valence-corrected chi connectivity index (χ1v) is 18.9. The van der Waals surface area contributed by atoms with E-state index >= 15 is 0 Å². The summed E-state index contributed by atoms with van der Waals surface area (Å²) in [5.74, 6) is -1.43. The Morgan fingerprint density at radius 2 is 1.61 bits per heavy atom. The Balaban J connectivity index is 1.55. The quantitative estimate of drug-likeness (QED) is 0.257. The van der Waals surface area contributed by atoms with Crippen molar-refractivity contribution in [3.63, 3.8) is 0 Å². The number of rotatable bonds is 9. The van der Waals surface area contributed by atoms with E-state index in [2.05, 4.69) is 48.5 Å². The first kappa shape index (κ1) is 39.3.